The van der Waals surface area contributed by atoms with Crippen LogP contribution >= 0.6 is 0 Å². The van der Waals surface area contributed by atoms with Crippen LogP contribution < -0.4 is 0 Å². The standard InChI is InChI=1S/C23H34FN/c1-6-8-22(14-16-24)25-17-15-19(5)20-10-12-21(13-11-20)23(9-7-2)18(3)4/h6-7,15,17,20-21,23H,1-3,5,8-14,16H2,4H3/b17-15-,25-22?. The van der Waals surface area contributed by atoms with E-state index in [1.165, 1.54) is 31.3 Å². The van der Waals surface area contributed by atoms with Crippen LogP contribution in [0.3, 0.4) is 0 Å². The summed E-state index contributed by atoms with van der Waals surface area (Å²) < 4.78 is 12.5. The molecule has 1 fully saturated rings. The van der Waals surface area contributed by atoms with Gasteiger partial charge in [0.2, 0.25) is 0 Å². The Hall–Kier alpha value is -1.70. The first-order chi connectivity index (χ1) is 12.0. The second-order valence-corrected chi connectivity index (χ2v) is 7.11. The molecule has 1 rings (SSSR count). The second-order valence-electron chi connectivity index (χ2n) is 7.11. The van der Waals surface area contributed by atoms with Gasteiger partial charge in [-0.3, -0.25) is 9.38 Å². The maximum Gasteiger partial charge on any atom is 0.0946 e. The van der Waals surface area contributed by atoms with Crippen LogP contribution in [0.5, 0.6) is 0 Å². The molecule has 1 atom stereocenters. The predicted molar refractivity (Wildman–Crippen MR) is 110 cm³/mol. The molecule has 138 valence electrons. The first-order valence-electron chi connectivity index (χ1n) is 9.37. The van der Waals surface area contributed by atoms with Gasteiger partial charge in [-0.1, -0.05) is 36.5 Å². The molecule has 0 aromatic heterocycles. The van der Waals surface area contributed by atoms with E-state index in [1.807, 2.05) is 12.2 Å². The summed E-state index contributed by atoms with van der Waals surface area (Å²) >= 11 is 0. The number of halogens is 1. The molecule has 1 nitrogen and oxygen atoms in total. The van der Waals surface area contributed by atoms with E-state index in [0.29, 0.717) is 30.6 Å². The second kappa shape index (κ2) is 11.8. The molecule has 0 bridgehead atoms. The largest absolute Gasteiger partial charge is 0.265 e. The van der Waals surface area contributed by atoms with Crippen molar-refractivity contribution < 1.29 is 4.39 Å². The highest BCUT2D eigenvalue weighted by Gasteiger charge is 2.27. The summed E-state index contributed by atoms with van der Waals surface area (Å²) in [5.74, 6) is 1.81. The molecule has 1 aliphatic rings. The summed E-state index contributed by atoms with van der Waals surface area (Å²) in [6.45, 7) is 17.7. The summed E-state index contributed by atoms with van der Waals surface area (Å²) in [6, 6.07) is 0. The van der Waals surface area contributed by atoms with Crippen LogP contribution in [0, 0.1) is 17.8 Å². The van der Waals surface area contributed by atoms with Crippen LogP contribution in [0.1, 0.15) is 51.9 Å². The minimum atomic E-state index is -0.375. The van der Waals surface area contributed by atoms with Gasteiger partial charge >= 0.3 is 0 Å². The fraction of sp³-hybridized carbons (Fsp3) is 0.522. The van der Waals surface area contributed by atoms with Gasteiger partial charge in [0.25, 0.3) is 0 Å². The van der Waals surface area contributed by atoms with E-state index in [2.05, 4.69) is 38.2 Å². The smallest absolute Gasteiger partial charge is 0.0946 e. The third-order valence-corrected chi connectivity index (χ3v) is 5.23. The summed E-state index contributed by atoms with van der Waals surface area (Å²) in [4.78, 5) is 4.37. The Labute approximate surface area is 153 Å². The predicted octanol–water partition coefficient (Wildman–Crippen LogP) is 7.01. The number of nitrogens with zero attached hydrogens (tertiary/aromatic N) is 1. The first-order valence-corrected chi connectivity index (χ1v) is 9.37. The summed E-state index contributed by atoms with van der Waals surface area (Å²) in [5.41, 5.74) is 3.24. The van der Waals surface area contributed by atoms with E-state index in [-0.39, 0.29) is 6.67 Å². The van der Waals surface area contributed by atoms with Crippen molar-refractivity contribution in [3.8, 4) is 0 Å². The number of aliphatic imine (C=N–C) groups is 1. The molecule has 0 radical (unpaired) electrons. The van der Waals surface area contributed by atoms with Gasteiger partial charge < -0.3 is 0 Å². The van der Waals surface area contributed by atoms with Gasteiger partial charge in [-0.05, 0) is 62.9 Å². The zero-order chi connectivity index (χ0) is 18.7. The Balaban J connectivity index is 2.55. The zero-order valence-electron chi connectivity index (χ0n) is 15.9. The van der Waals surface area contributed by atoms with Crippen LogP contribution in [-0.2, 0) is 0 Å². The molecule has 0 aromatic carbocycles. The SMILES string of the molecule is C=CCC(CCF)=N/C=C\C(=C)C1CCC(C(CC=C)C(=C)C)CC1. The Kier molecular flexibility index (Phi) is 10.1. The molecule has 0 amide bonds. The van der Waals surface area contributed by atoms with Crippen molar-refractivity contribution >= 4 is 5.71 Å². The minimum Gasteiger partial charge on any atom is -0.265 e. The monoisotopic (exact) mass is 343 g/mol. The van der Waals surface area contributed by atoms with E-state index in [9.17, 15) is 4.39 Å². The molecule has 0 spiro atoms. The van der Waals surface area contributed by atoms with E-state index >= 15 is 0 Å². The van der Waals surface area contributed by atoms with Crippen molar-refractivity contribution in [2.24, 2.45) is 22.7 Å². The van der Waals surface area contributed by atoms with Gasteiger partial charge in [0, 0.05) is 24.8 Å². The molecule has 0 N–H and O–H groups in total. The van der Waals surface area contributed by atoms with E-state index < -0.39 is 0 Å². The van der Waals surface area contributed by atoms with Crippen molar-refractivity contribution in [2.45, 2.75) is 51.9 Å². The average Bonchev–Trinajstić information content (AvgIpc) is 2.60. The van der Waals surface area contributed by atoms with Gasteiger partial charge in [-0.25, -0.2) is 0 Å². The van der Waals surface area contributed by atoms with Gasteiger partial charge in [-0.2, -0.15) is 0 Å². The number of alkyl halides is 1. The van der Waals surface area contributed by atoms with Crippen LogP contribution in [0.4, 0.5) is 4.39 Å². The molecule has 0 aromatic rings. The van der Waals surface area contributed by atoms with Crippen molar-refractivity contribution in [3.05, 3.63) is 61.9 Å². The molecular formula is C23H34FN. The molecule has 0 saturated heterocycles. The van der Waals surface area contributed by atoms with Crippen LogP contribution in [0.15, 0.2) is 66.9 Å². The number of hydrogen-bond donors (Lipinski definition) is 0. The fourth-order valence-corrected chi connectivity index (χ4v) is 3.74. The van der Waals surface area contributed by atoms with Gasteiger partial charge in [0.15, 0.2) is 0 Å². The van der Waals surface area contributed by atoms with Gasteiger partial charge in [0.1, 0.15) is 0 Å². The topological polar surface area (TPSA) is 12.4 Å². The zero-order valence-corrected chi connectivity index (χ0v) is 15.9. The third kappa shape index (κ3) is 7.37. The third-order valence-electron chi connectivity index (χ3n) is 5.23. The van der Waals surface area contributed by atoms with Gasteiger partial charge in [0.05, 0.1) is 6.67 Å². The molecule has 2 heteroatoms. The Bertz CT molecular complexity index is 518. The Morgan fingerprint density at radius 2 is 1.84 bits per heavy atom. The Morgan fingerprint density at radius 3 is 2.36 bits per heavy atom. The average molecular weight is 344 g/mol. The fourth-order valence-electron chi connectivity index (χ4n) is 3.74. The lowest BCUT2D eigenvalue weighted by Gasteiger charge is -2.34. The lowest BCUT2D eigenvalue weighted by Crippen LogP contribution is -2.22. The summed E-state index contributed by atoms with van der Waals surface area (Å²) in [6.07, 6.45) is 14.4. The number of rotatable bonds is 11. The van der Waals surface area contributed by atoms with Crippen LogP contribution in [0.25, 0.3) is 0 Å². The highest BCUT2D eigenvalue weighted by molar-refractivity contribution is 5.86. The molecule has 25 heavy (non-hydrogen) atoms. The van der Waals surface area contributed by atoms with E-state index in [4.69, 9.17) is 0 Å². The highest BCUT2D eigenvalue weighted by atomic mass is 19.1. The summed E-state index contributed by atoms with van der Waals surface area (Å²) in [7, 11) is 0. The van der Waals surface area contributed by atoms with E-state index in [1.54, 1.807) is 12.3 Å². The van der Waals surface area contributed by atoms with Crippen LogP contribution in [-0.4, -0.2) is 12.4 Å². The molecule has 0 aliphatic heterocycles. The summed E-state index contributed by atoms with van der Waals surface area (Å²) in [5, 5.41) is 0. The molecule has 1 aliphatic carbocycles. The van der Waals surface area contributed by atoms with Crippen molar-refractivity contribution in [1.82, 2.24) is 0 Å². The molecule has 0 heterocycles. The van der Waals surface area contributed by atoms with Crippen molar-refractivity contribution in [3.63, 3.8) is 0 Å². The highest BCUT2D eigenvalue weighted by Crippen LogP contribution is 2.39. The lowest BCUT2D eigenvalue weighted by atomic mass is 9.71. The maximum atomic E-state index is 12.5. The molecule has 1 unspecified atom stereocenters. The lowest BCUT2D eigenvalue weighted by molar-refractivity contribution is 0.243. The Morgan fingerprint density at radius 1 is 1.16 bits per heavy atom. The molecular weight excluding hydrogens is 309 g/mol. The van der Waals surface area contributed by atoms with E-state index in [0.717, 1.165) is 17.7 Å². The molecule has 1 saturated carbocycles. The normalized spacial score (nSPS) is 22.6. The van der Waals surface area contributed by atoms with Crippen molar-refractivity contribution in [1.29, 1.82) is 0 Å². The number of allylic oxidation sites excluding steroid dienone is 5. The first kappa shape index (κ1) is 21.3. The number of hydrogen-bond acceptors (Lipinski definition) is 1. The maximum absolute atomic E-state index is 12.5. The van der Waals surface area contributed by atoms with Gasteiger partial charge in [-0.15, -0.1) is 13.2 Å². The minimum absolute atomic E-state index is 0.375. The van der Waals surface area contributed by atoms with Crippen molar-refractivity contribution in [2.75, 3.05) is 6.67 Å². The van der Waals surface area contributed by atoms with Crippen LogP contribution in [0.2, 0.25) is 0 Å². The quantitative estimate of drug-likeness (QED) is 0.217.